The molecule has 1 aliphatic carbocycles. The number of rotatable bonds is 7. The number of carbonyl (C=O) groups is 1. The Labute approximate surface area is 206 Å². The molecule has 186 valence electrons. The summed E-state index contributed by atoms with van der Waals surface area (Å²) < 4.78 is 2.12. The smallest absolute Gasteiger partial charge is 0.270 e. The molecule has 0 aromatic carbocycles. The van der Waals surface area contributed by atoms with Gasteiger partial charge in [0.15, 0.2) is 0 Å². The molecule has 1 saturated carbocycles. The number of nitrogens with zero attached hydrogens (tertiary/aromatic N) is 6. The number of fused-ring (bicyclic) bond motifs is 1. The molecule has 9 nitrogen and oxygen atoms in total. The molecular weight excluding hydrogens is 442 g/mol. The molecular formula is C26H35N7O2. The van der Waals surface area contributed by atoms with E-state index in [1.165, 1.54) is 12.8 Å². The lowest BCUT2D eigenvalue weighted by molar-refractivity contribution is 0.0815. The highest BCUT2D eigenvalue weighted by Gasteiger charge is 2.26. The Morgan fingerprint density at radius 1 is 1.11 bits per heavy atom. The highest BCUT2D eigenvalue weighted by Crippen LogP contribution is 2.35. The molecule has 9 heteroatoms. The van der Waals surface area contributed by atoms with Crippen molar-refractivity contribution in [2.24, 2.45) is 5.92 Å². The van der Waals surface area contributed by atoms with Gasteiger partial charge < -0.3 is 24.8 Å². The Kier molecular flexibility index (Phi) is 6.86. The van der Waals surface area contributed by atoms with E-state index in [1.54, 1.807) is 25.2 Å². The van der Waals surface area contributed by atoms with Crippen LogP contribution in [-0.2, 0) is 0 Å². The van der Waals surface area contributed by atoms with Gasteiger partial charge >= 0.3 is 0 Å². The lowest BCUT2D eigenvalue weighted by Crippen LogP contribution is -2.33. The van der Waals surface area contributed by atoms with E-state index in [-0.39, 0.29) is 18.6 Å². The summed E-state index contributed by atoms with van der Waals surface area (Å²) in [4.78, 5) is 30.8. The van der Waals surface area contributed by atoms with Gasteiger partial charge in [0.1, 0.15) is 17.2 Å². The van der Waals surface area contributed by atoms with Crippen molar-refractivity contribution >= 4 is 34.4 Å². The number of aliphatic hydroxyl groups excluding tert-OH is 1. The molecule has 0 unspecified atom stereocenters. The molecule has 3 aromatic heterocycles. The zero-order valence-electron chi connectivity index (χ0n) is 20.7. The van der Waals surface area contributed by atoms with Gasteiger partial charge in [-0.05, 0) is 56.2 Å². The molecule has 5 rings (SSSR count). The number of aliphatic hydroxyl groups is 1. The summed E-state index contributed by atoms with van der Waals surface area (Å²) in [6, 6.07) is 6.24. The molecule has 0 radical (unpaired) electrons. The van der Waals surface area contributed by atoms with Crippen molar-refractivity contribution in [2.75, 3.05) is 44.0 Å². The molecule has 0 spiro atoms. The number of anilines is 3. The first-order valence-corrected chi connectivity index (χ1v) is 12.7. The number of aromatic nitrogens is 4. The summed E-state index contributed by atoms with van der Waals surface area (Å²) in [7, 11) is 3.56. The second-order valence-electron chi connectivity index (χ2n) is 9.98. The first-order chi connectivity index (χ1) is 17.0. The van der Waals surface area contributed by atoms with Crippen molar-refractivity contribution in [3.05, 3.63) is 36.3 Å². The number of pyridine rings is 1. The van der Waals surface area contributed by atoms with Gasteiger partial charge in [-0.1, -0.05) is 12.8 Å². The predicted octanol–water partition coefficient (Wildman–Crippen LogP) is 3.99. The molecule has 1 saturated heterocycles. The van der Waals surface area contributed by atoms with Crippen LogP contribution < -0.4 is 10.2 Å². The maximum absolute atomic E-state index is 12.9. The summed E-state index contributed by atoms with van der Waals surface area (Å²) in [5.74, 6) is 1.77. The van der Waals surface area contributed by atoms with E-state index in [2.05, 4.69) is 30.8 Å². The number of nitrogens with one attached hydrogen (secondary N) is 1. The Bertz CT molecular complexity index is 1160. The molecule has 2 aliphatic rings. The normalized spacial score (nSPS) is 17.3. The summed E-state index contributed by atoms with van der Waals surface area (Å²) >= 11 is 0. The van der Waals surface area contributed by atoms with Crippen molar-refractivity contribution in [1.82, 2.24) is 24.4 Å². The van der Waals surface area contributed by atoms with Crippen LogP contribution in [0.3, 0.4) is 0 Å². The summed E-state index contributed by atoms with van der Waals surface area (Å²) in [6.45, 7) is 2.26. The van der Waals surface area contributed by atoms with Crippen LogP contribution in [0.5, 0.6) is 0 Å². The number of piperidine rings is 1. The van der Waals surface area contributed by atoms with E-state index >= 15 is 0 Å². The fourth-order valence-electron chi connectivity index (χ4n) is 5.42. The highest BCUT2D eigenvalue weighted by molar-refractivity contribution is 5.97. The Hall–Kier alpha value is -3.20. The van der Waals surface area contributed by atoms with E-state index in [4.69, 9.17) is 4.98 Å². The molecule has 0 atom stereocenters. The topological polar surface area (TPSA) is 99.4 Å². The van der Waals surface area contributed by atoms with Gasteiger partial charge in [-0.3, -0.25) is 4.79 Å². The minimum atomic E-state index is -0.0120. The molecule has 2 N–H and O–H groups in total. The van der Waals surface area contributed by atoms with Crippen LogP contribution >= 0.6 is 0 Å². The zero-order chi connectivity index (χ0) is 24.4. The van der Waals surface area contributed by atoms with Gasteiger partial charge in [-0.2, -0.15) is 4.98 Å². The Morgan fingerprint density at radius 2 is 1.89 bits per heavy atom. The number of hydrogen-bond donors (Lipinski definition) is 2. The van der Waals surface area contributed by atoms with E-state index in [9.17, 15) is 9.90 Å². The monoisotopic (exact) mass is 477 g/mol. The Morgan fingerprint density at radius 3 is 2.54 bits per heavy atom. The van der Waals surface area contributed by atoms with Crippen LogP contribution in [0.25, 0.3) is 11.0 Å². The van der Waals surface area contributed by atoms with Crippen LogP contribution in [0.15, 0.2) is 30.6 Å². The molecule has 4 heterocycles. The van der Waals surface area contributed by atoms with E-state index in [0.717, 1.165) is 61.9 Å². The van der Waals surface area contributed by atoms with Crippen LogP contribution in [0.4, 0.5) is 17.5 Å². The lowest BCUT2D eigenvalue weighted by atomic mass is 9.94. The maximum atomic E-state index is 12.9. The SMILES string of the molecule is CN(C)C(=O)c1cc2cnc(Nc3ccc(N4CCC(CCO)CC4)cn3)nc2n1C1CCCC1. The second kappa shape index (κ2) is 10.2. The largest absolute Gasteiger partial charge is 0.396 e. The number of hydrogen-bond acceptors (Lipinski definition) is 7. The van der Waals surface area contributed by atoms with Crippen molar-refractivity contribution in [2.45, 2.75) is 51.0 Å². The first kappa shape index (κ1) is 23.5. The van der Waals surface area contributed by atoms with Crippen LogP contribution in [0, 0.1) is 5.92 Å². The van der Waals surface area contributed by atoms with Gasteiger partial charge in [0.05, 0.1) is 11.9 Å². The molecule has 1 amide bonds. The first-order valence-electron chi connectivity index (χ1n) is 12.7. The van der Waals surface area contributed by atoms with Gasteiger partial charge in [0.25, 0.3) is 5.91 Å². The van der Waals surface area contributed by atoms with Crippen molar-refractivity contribution in [3.8, 4) is 0 Å². The van der Waals surface area contributed by atoms with Crippen molar-refractivity contribution < 1.29 is 9.90 Å². The highest BCUT2D eigenvalue weighted by atomic mass is 16.3. The number of carbonyl (C=O) groups excluding carboxylic acids is 1. The summed E-state index contributed by atoms with van der Waals surface area (Å²) in [5.41, 5.74) is 2.58. The number of amides is 1. The zero-order valence-corrected chi connectivity index (χ0v) is 20.7. The predicted molar refractivity (Wildman–Crippen MR) is 137 cm³/mol. The third kappa shape index (κ3) is 4.96. The lowest BCUT2D eigenvalue weighted by Gasteiger charge is -2.33. The summed E-state index contributed by atoms with van der Waals surface area (Å²) in [5, 5.41) is 13.3. The maximum Gasteiger partial charge on any atom is 0.270 e. The third-order valence-corrected chi connectivity index (χ3v) is 7.40. The fraction of sp³-hybridized carbons (Fsp3) is 0.538. The van der Waals surface area contributed by atoms with E-state index in [0.29, 0.717) is 23.4 Å². The summed E-state index contributed by atoms with van der Waals surface area (Å²) in [6.07, 6.45) is 11.2. The third-order valence-electron chi connectivity index (χ3n) is 7.40. The van der Waals surface area contributed by atoms with Crippen molar-refractivity contribution in [1.29, 1.82) is 0 Å². The second-order valence-corrected chi connectivity index (χ2v) is 9.98. The molecule has 1 aliphatic heterocycles. The van der Waals surface area contributed by atoms with Gasteiger partial charge in [-0.25, -0.2) is 9.97 Å². The minimum absolute atomic E-state index is 0.0120. The van der Waals surface area contributed by atoms with E-state index < -0.39 is 0 Å². The molecule has 3 aromatic rings. The van der Waals surface area contributed by atoms with Gasteiger partial charge in [-0.15, -0.1) is 0 Å². The van der Waals surface area contributed by atoms with Crippen LogP contribution in [0.1, 0.15) is 61.5 Å². The van der Waals surface area contributed by atoms with Crippen LogP contribution in [0.2, 0.25) is 0 Å². The molecule has 35 heavy (non-hydrogen) atoms. The minimum Gasteiger partial charge on any atom is -0.396 e. The average molecular weight is 478 g/mol. The van der Waals surface area contributed by atoms with Crippen LogP contribution in [-0.4, -0.2) is 69.2 Å². The fourth-order valence-corrected chi connectivity index (χ4v) is 5.42. The molecule has 2 fully saturated rings. The standard InChI is InChI=1S/C26H35N7O2/c1-31(2)25(35)22-15-19-16-28-26(30-24(19)33(22)20-5-3-4-6-20)29-23-8-7-21(17-27-23)32-12-9-18(10-13-32)11-14-34/h7-8,15-18,20,34H,3-6,9-14H2,1-2H3,(H,27,28,29,30). The van der Waals surface area contributed by atoms with Crippen molar-refractivity contribution in [3.63, 3.8) is 0 Å². The quantitative estimate of drug-likeness (QED) is 0.531. The van der Waals surface area contributed by atoms with E-state index in [1.807, 2.05) is 18.3 Å². The van der Waals surface area contributed by atoms with Gasteiger partial charge in [0, 0.05) is 51.4 Å². The average Bonchev–Trinajstić information content (AvgIpc) is 3.52. The Balaban J connectivity index is 1.35. The molecule has 0 bridgehead atoms. The van der Waals surface area contributed by atoms with Gasteiger partial charge in [0.2, 0.25) is 5.95 Å².